The first-order valence-electron chi connectivity index (χ1n) is 8.79. The molecule has 0 unspecified atom stereocenters. The number of aromatic nitrogens is 2. The Bertz CT molecular complexity index is 838. The van der Waals surface area contributed by atoms with Crippen molar-refractivity contribution < 1.29 is 35.6 Å². The van der Waals surface area contributed by atoms with Crippen molar-refractivity contribution in [2.24, 2.45) is 0 Å². The SMILES string of the molecule is O=C1CCCC(=O)N1CCS(=O)(=O)N1CCC[C@@H](c2nnc(C(F)(F)F)o2)C1. The molecule has 2 aliphatic heterocycles. The lowest BCUT2D eigenvalue weighted by molar-refractivity contribution is -0.157. The first-order valence-corrected chi connectivity index (χ1v) is 10.4. The highest BCUT2D eigenvalue weighted by Crippen LogP contribution is 2.32. The lowest BCUT2D eigenvalue weighted by Crippen LogP contribution is -2.46. The van der Waals surface area contributed by atoms with E-state index < -0.39 is 45.6 Å². The van der Waals surface area contributed by atoms with Crippen LogP contribution < -0.4 is 0 Å². The minimum absolute atomic E-state index is 0.0935. The van der Waals surface area contributed by atoms with E-state index in [1.165, 1.54) is 0 Å². The molecular weight excluding hydrogens is 405 g/mol. The molecule has 0 radical (unpaired) electrons. The van der Waals surface area contributed by atoms with Gasteiger partial charge >= 0.3 is 12.1 Å². The Balaban J connectivity index is 1.64. The summed E-state index contributed by atoms with van der Waals surface area (Å²) in [7, 11) is -3.82. The van der Waals surface area contributed by atoms with Crippen molar-refractivity contribution in [3.05, 3.63) is 11.8 Å². The van der Waals surface area contributed by atoms with Crippen molar-refractivity contribution in [2.45, 2.75) is 44.2 Å². The largest absolute Gasteiger partial charge is 0.470 e. The number of piperidine rings is 2. The maximum Gasteiger partial charge on any atom is 0.470 e. The minimum Gasteiger partial charge on any atom is -0.417 e. The molecule has 3 heterocycles. The van der Waals surface area contributed by atoms with Crippen LogP contribution in [0.1, 0.15) is 49.8 Å². The summed E-state index contributed by atoms with van der Waals surface area (Å²) in [6, 6.07) is 0. The van der Waals surface area contributed by atoms with Crippen LogP contribution >= 0.6 is 0 Å². The minimum atomic E-state index is -4.76. The smallest absolute Gasteiger partial charge is 0.417 e. The lowest BCUT2D eigenvalue weighted by Gasteiger charge is -2.31. The lowest BCUT2D eigenvalue weighted by atomic mass is 10.00. The molecule has 0 spiro atoms. The average molecular weight is 424 g/mol. The van der Waals surface area contributed by atoms with Crippen LogP contribution in [0.5, 0.6) is 0 Å². The number of hydrogen-bond acceptors (Lipinski definition) is 7. The van der Waals surface area contributed by atoms with E-state index in [4.69, 9.17) is 0 Å². The zero-order valence-electron chi connectivity index (χ0n) is 14.8. The second kappa shape index (κ2) is 7.78. The number of amides is 2. The third-order valence-electron chi connectivity index (χ3n) is 4.77. The van der Waals surface area contributed by atoms with Gasteiger partial charge in [0.1, 0.15) is 0 Å². The Morgan fingerprint density at radius 1 is 1.11 bits per heavy atom. The van der Waals surface area contributed by atoms with Crippen LogP contribution in [0.4, 0.5) is 13.2 Å². The first kappa shape index (κ1) is 20.7. The molecule has 0 bridgehead atoms. The van der Waals surface area contributed by atoms with Gasteiger partial charge in [-0.15, -0.1) is 10.2 Å². The number of carbonyl (C=O) groups excluding carboxylic acids is 2. The van der Waals surface area contributed by atoms with Gasteiger partial charge in [0.25, 0.3) is 0 Å². The van der Waals surface area contributed by atoms with E-state index in [1.807, 2.05) is 0 Å². The molecule has 0 aliphatic carbocycles. The van der Waals surface area contributed by atoms with E-state index in [0.717, 1.165) is 9.21 Å². The number of rotatable bonds is 5. The van der Waals surface area contributed by atoms with Gasteiger partial charge in [0, 0.05) is 32.5 Å². The molecule has 1 aromatic rings. The van der Waals surface area contributed by atoms with Crippen LogP contribution in [0.15, 0.2) is 4.42 Å². The van der Waals surface area contributed by atoms with Crippen molar-refractivity contribution in [3.63, 3.8) is 0 Å². The molecular formula is C15H19F3N4O5S. The summed E-state index contributed by atoms with van der Waals surface area (Å²) < 4.78 is 68.9. The second-order valence-electron chi connectivity index (χ2n) is 6.75. The number of likely N-dealkylation sites (tertiary alicyclic amines) is 1. The predicted octanol–water partition coefficient (Wildman–Crippen LogP) is 1.14. The maximum absolute atomic E-state index is 12.6. The normalized spacial score (nSPS) is 22.7. The number of sulfonamides is 1. The Labute approximate surface area is 158 Å². The van der Waals surface area contributed by atoms with Crippen LogP contribution in [0.3, 0.4) is 0 Å². The fourth-order valence-electron chi connectivity index (χ4n) is 3.30. The van der Waals surface area contributed by atoms with Gasteiger partial charge in [-0.25, -0.2) is 12.7 Å². The summed E-state index contributed by atoms with van der Waals surface area (Å²) in [4.78, 5) is 24.5. The number of imide groups is 1. The van der Waals surface area contributed by atoms with Gasteiger partial charge in [0.2, 0.25) is 27.7 Å². The molecule has 156 valence electrons. The van der Waals surface area contributed by atoms with E-state index in [2.05, 4.69) is 14.6 Å². The quantitative estimate of drug-likeness (QED) is 0.651. The highest BCUT2D eigenvalue weighted by molar-refractivity contribution is 7.89. The van der Waals surface area contributed by atoms with Crippen molar-refractivity contribution in [2.75, 3.05) is 25.4 Å². The van der Waals surface area contributed by atoms with Gasteiger partial charge in [-0.05, 0) is 19.3 Å². The fourth-order valence-corrected chi connectivity index (χ4v) is 4.78. The molecule has 0 N–H and O–H groups in total. The summed E-state index contributed by atoms with van der Waals surface area (Å²) in [5.74, 6) is -3.60. The summed E-state index contributed by atoms with van der Waals surface area (Å²) in [5.41, 5.74) is 0. The van der Waals surface area contributed by atoms with Crippen molar-refractivity contribution in [1.29, 1.82) is 0 Å². The molecule has 2 fully saturated rings. The molecule has 0 saturated carbocycles. The fraction of sp³-hybridized carbons (Fsp3) is 0.733. The average Bonchev–Trinajstić information content (AvgIpc) is 3.12. The molecule has 2 aliphatic rings. The number of hydrogen-bond donors (Lipinski definition) is 0. The Morgan fingerprint density at radius 2 is 1.79 bits per heavy atom. The molecule has 28 heavy (non-hydrogen) atoms. The molecule has 0 aromatic carbocycles. The molecule has 2 saturated heterocycles. The molecule has 1 aromatic heterocycles. The zero-order chi connectivity index (χ0) is 20.5. The van der Waals surface area contributed by atoms with Crippen molar-refractivity contribution in [3.8, 4) is 0 Å². The van der Waals surface area contributed by atoms with Gasteiger partial charge in [0.05, 0.1) is 11.7 Å². The van der Waals surface area contributed by atoms with Crippen LogP contribution in [-0.2, 0) is 25.8 Å². The van der Waals surface area contributed by atoms with E-state index in [-0.39, 0.29) is 38.4 Å². The van der Waals surface area contributed by atoms with Crippen LogP contribution in [0, 0.1) is 0 Å². The van der Waals surface area contributed by atoms with Crippen LogP contribution in [0.25, 0.3) is 0 Å². The number of carbonyl (C=O) groups is 2. The molecule has 3 rings (SSSR count). The first-order chi connectivity index (χ1) is 13.1. The molecule has 13 heteroatoms. The summed E-state index contributed by atoms with van der Waals surface area (Å²) in [6.07, 6.45) is -3.08. The topological polar surface area (TPSA) is 114 Å². The van der Waals surface area contributed by atoms with Crippen LogP contribution in [-0.4, -0.2) is 65.0 Å². The highest BCUT2D eigenvalue weighted by atomic mass is 32.2. The van der Waals surface area contributed by atoms with E-state index in [1.54, 1.807) is 0 Å². The van der Waals surface area contributed by atoms with Gasteiger partial charge in [-0.2, -0.15) is 13.2 Å². The molecule has 9 nitrogen and oxygen atoms in total. The number of halogens is 3. The number of nitrogens with zero attached hydrogens (tertiary/aromatic N) is 4. The third kappa shape index (κ3) is 4.51. The number of alkyl halides is 3. The van der Waals surface area contributed by atoms with Crippen molar-refractivity contribution in [1.82, 2.24) is 19.4 Å². The van der Waals surface area contributed by atoms with E-state index in [9.17, 15) is 31.2 Å². The predicted molar refractivity (Wildman–Crippen MR) is 87.2 cm³/mol. The Morgan fingerprint density at radius 3 is 2.39 bits per heavy atom. The summed E-state index contributed by atoms with van der Waals surface area (Å²) >= 11 is 0. The molecule has 1 atom stereocenters. The molecule has 2 amide bonds. The third-order valence-corrected chi connectivity index (χ3v) is 6.58. The Kier molecular flexibility index (Phi) is 5.75. The van der Waals surface area contributed by atoms with Gasteiger partial charge in [-0.1, -0.05) is 0 Å². The van der Waals surface area contributed by atoms with Gasteiger partial charge in [0.15, 0.2) is 0 Å². The second-order valence-corrected chi connectivity index (χ2v) is 8.84. The summed E-state index contributed by atoms with van der Waals surface area (Å²) in [6.45, 7) is -0.134. The van der Waals surface area contributed by atoms with Gasteiger partial charge in [-0.3, -0.25) is 14.5 Å². The van der Waals surface area contributed by atoms with Gasteiger partial charge < -0.3 is 4.42 Å². The highest BCUT2D eigenvalue weighted by Gasteiger charge is 2.40. The van der Waals surface area contributed by atoms with Crippen molar-refractivity contribution >= 4 is 21.8 Å². The zero-order valence-corrected chi connectivity index (χ0v) is 15.6. The maximum atomic E-state index is 12.6. The standard InChI is InChI=1S/C15H19F3N4O5S/c16-15(17,18)14-20-19-13(27-14)10-3-2-6-21(9-10)28(25,26)8-7-22-11(23)4-1-5-12(22)24/h10H,1-9H2/t10-/m1/s1. The monoisotopic (exact) mass is 424 g/mol. The van der Waals surface area contributed by atoms with E-state index in [0.29, 0.717) is 19.3 Å². The van der Waals surface area contributed by atoms with E-state index >= 15 is 0 Å². The Hall–Kier alpha value is -2.02. The van der Waals surface area contributed by atoms with Crippen LogP contribution in [0.2, 0.25) is 0 Å². The summed E-state index contributed by atoms with van der Waals surface area (Å²) in [5, 5.41) is 6.38.